The molecule has 0 aliphatic carbocycles. The third kappa shape index (κ3) is 4.66. The highest BCUT2D eigenvalue weighted by Crippen LogP contribution is 2.38. The first kappa shape index (κ1) is 19.6. The van der Waals surface area contributed by atoms with Gasteiger partial charge in [-0.2, -0.15) is 0 Å². The Morgan fingerprint density at radius 3 is 2.60 bits per heavy atom. The lowest BCUT2D eigenvalue weighted by Gasteiger charge is -2.28. The topological polar surface area (TPSA) is 75.7 Å². The van der Waals surface area contributed by atoms with Crippen molar-refractivity contribution in [1.29, 1.82) is 0 Å². The first-order valence-corrected chi connectivity index (χ1v) is 10.3. The van der Waals surface area contributed by atoms with Gasteiger partial charge >= 0.3 is 0 Å². The Morgan fingerprint density at radius 2 is 2.00 bits per heavy atom. The third-order valence-electron chi connectivity index (χ3n) is 4.25. The van der Waals surface area contributed by atoms with Crippen molar-refractivity contribution in [3.05, 3.63) is 18.2 Å². The Bertz CT molecular complexity index is 741. The fourth-order valence-corrected chi connectivity index (χ4v) is 3.20. The Labute approximate surface area is 150 Å². The molecule has 2 rings (SSSR count). The molecule has 0 bridgehead atoms. The number of amides is 1. The molecule has 0 atom stereocenters. The molecule has 1 aromatic carbocycles. The van der Waals surface area contributed by atoms with Crippen molar-refractivity contribution in [1.82, 2.24) is 0 Å². The second kappa shape index (κ2) is 7.23. The smallest absolute Gasteiger partial charge is 0.236 e. The number of sulfonamides is 1. The maximum Gasteiger partial charge on any atom is 0.236 e. The number of fused-ring (bicyclic) bond motifs is 1. The molecule has 0 spiro atoms. The summed E-state index contributed by atoms with van der Waals surface area (Å²) in [6, 6.07) is 5.07. The van der Waals surface area contributed by atoms with E-state index in [1.807, 2.05) is 13.8 Å². The Balaban J connectivity index is 2.40. The molecule has 0 aromatic heterocycles. The molecule has 140 valence electrons. The van der Waals surface area contributed by atoms with Crippen molar-refractivity contribution >= 4 is 27.3 Å². The van der Waals surface area contributed by atoms with Crippen LogP contribution in [0.15, 0.2) is 18.2 Å². The molecule has 1 aromatic rings. The number of carbonyl (C=O) groups is 1. The molecule has 0 fully saturated rings. The third-order valence-corrected chi connectivity index (χ3v) is 5.55. The molecular weight excluding hydrogens is 340 g/mol. The van der Waals surface area contributed by atoms with Crippen molar-refractivity contribution in [3.8, 4) is 5.75 Å². The van der Waals surface area contributed by atoms with E-state index in [1.54, 1.807) is 30.0 Å². The van der Waals surface area contributed by atoms with E-state index in [0.29, 0.717) is 29.6 Å². The molecule has 0 saturated carbocycles. The van der Waals surface area contributed by atoms with Gasteiger partial charge in [0, 0.05) is 12.6 Å². The number of ether oxygens (including phenoxy) is 1. The average molecular weight is 368 g/mol. The van der Waals surface area contributed by atoms with Crippen LogP contribution in [0.5, 0.6) is 5.75 Å². The number of nitrogens with zero attached hydrogens (tertiary/aromatic N) is 1. The molecule has 1 aliphatic rings. The summed E-state index contributed by atoms with van der Waals surface area (Å²) in [7, 11) is -3.36. The standard InChI is InChI=1S/C18H28N2O4S/c1-6-25(22,23)19-14-7-8-15-16(11-14)24-12-18(4,5)17(21)20(15)10-9-13(2)3/h7-8,11,13,19H,6,9-10,12H2,1-5H3. The first-order chi connectivity index (χ1) is 11.6. The minimum absolute atomic E-state index is 0.00300. The predicted molar refractivity (Wildman–Crippen MR) is 101 cm³/mol. The monoisotopic (exact) mass is 368 g/mol. The summed E-state index contributed by atoms with van der Waals surface area (Å²) >= 11 is 0. The Hall–Kier alpha value is -1.76. The summed E-state index contributed by atoms with van der Waals surface area (Å²) < 4.78 is 32.0. The van der Waals surface area contributed by atoms with Gasteiger partial charge in [-0.15, -0.1) is 0 Å². The van der Waals surface area contributed by atoms with Gasteiger partial charge in [0.2, 0.25) is 15.9 Å². The second-order valence-electron chi connectivity index (χ2n) is 7.50. The minimum atomic E-state index is -3.36. The maximum atomic E-state index is 12.9. The number of nitrogens with one attached hydrogen (secondary N) is 1. The summed E-state index contributed by atoms with van der Waals surface area (Å²) in [4.78, 5) is 14.7. The molecule has 1 N–H and O–H groups in total. The zero-order valence-electron chi connectivity index (χ0n) is 15.6. The van der Waals surface area contributed by atoms with Gasteiger partial charge in [0.1, 0.15) is 12.4 Å². The van der Waals surface area contributed by atoms with Crippen LogP contribution < -0.4 is 14.4 Å². The average Bonchev–Trinajstić information content (AvgIpc) is 2.61. The Kier molecular flexibility index (Phi) is 5.66. The lowest BCUT2D eigenvalue weighted by Crippen LogP contribution is -2.42. The molecule has 7 heteroatoms. The van der Waals surface area contributed by atoms with Crippen molar-refractivity contribution in [3.63, 3.8) is 0 Å². The Morgan fingerprint density at radius 1 is 1.32 bits per heavy atom. The van der Waals surface area contributed by atoms with E-state index in [-0.39, 0.29) is 18.3 Å². The van der Waals surface area contributed by atoms with Crippen LogP contribution in [0.2, 0.25) is 0 Å². The van der Waals surface area contributed by atoms with Gasteiger partial charge in [-0.25, -0.2) is 8.42 Å². The molecule has 0 unspecified atom stereocenters. The van der Waals surface area contributed by atoms with E-state index < -0.39 is 15.4 Å². The summed E-state index contributed by atoms with van der Waals surface area (Å²) in [5, 5.41) is 0. The molecule has 25 heavy (non-hydrogen) atoms. The van der Waals surface area contributed by atoms with Crippen molar-refractivity contribution in [2.45, 2.75) is 41.0 Å². The molecular formula is C18H28N2O4S. The van der Waals surface area contributed by atoms with Gasteiger partial charge in [-0.3, -0.25) is 9.52 Å². The van der Waals surface area contributed by atoms with E-state index in [1.165, 1.54) is 0 Å². The van der Waals surface area contributed by atoms with E-state index in [9.17, 15) is 13.2 Å². The van der Waals surface area contributed by atoms with Crippen LogP contribution in [-0.4, -0.2) is 33.2 Å². The van der Waals surface area contributed by atoms with Gasteiger partial charge in [0.25, 0.3) is 0 Å². The highest BCUT2D eigenvalue weighted by Gasteiger charge is 2.37. The summed E-state index contributed by atoms with van der Waals surface area (Å²) in [5.41, 5.74) is 0.492. The SMILES string of the molecule is CCS(=O)(=O)Nc1ccc2c(c1)OCC(C)(C)C(=O)N2CCC(C)C. The lowest BCUT2D eigenvalue weighted by molar-refractivity contribution is -0.127. The van der Waals surface area contributed by atoms with E-state index in [2.05, 4.69) is 18.6 Å². The fraction of sp³-hybridized carbons (Fsp3) is 0.611. The van der Waals surface area contributed by atoms with Gasteiger partial charge in [-0.1, -0.05) is 13.8 Å². The van der Waals surface area contributed by atoms with Crippen LogP contribution in [0.4, 0.5) is 11.4 Å². The van der Waals surface area contributed by atoms with Crippen molar-refractivity contribution < 1.29 is 17.9 Å². The van der Waals surface area contributed by atoms with Crippen LogP contribution in [0, 0.1) is 11.3 Å². The number of hydrogen-bond donors (Lipinski definition) is 1. The van der Waals surface area contributed by atoms with Crippen molar-refractivity contribution in [2.24, 2.45) is 11.3 Å². The van der Waals surface area contributed by atoms with Gasteiger partial charge in [0.15, 0.2) is 0 Å². The van der Waals surface area contributed by atoms with Gasteiger partial charge < -0.3 is 9.64 Å². The number of anilines is 2. The summed E-state index contributed by atoms with van der Waals surface area (Å²) in [6.45, 7) is 10.4. The first-order valence-electron chi connectivity index (χ1n) is 8.65. The molecule has 1 amide bonds. The molecule has 0 radical (unpaired) electrons. The van der Waals surface area contributed by atoms with Gasteiger partial charge in [-0.05, 0) is 45.2 Å². The maximum absolute atomic E-state index is 12.9. The van der Waals surface area contributed by atoms with Crippen LogP contribution in [-0.2, 0) is 14.8 Å². The van der Waals surface area contributed by atoms with Crippen molar-refractivity contribution in [2.75, 3.05) is 28.5 Å². The number of carbonyl (C=O) groups excluding carboxylic acids is 1. The van der Waals surface area contributed by atoms with E-state index in [4.69, 9.17) is 4.74 Å². The minimum Gasteiger partial charge on any atom is -0.490 e. The summed E-state index contributed by atoms with van der Waals surface area (Å²) in [6.07, 6.45) is 0.880. The van der Waals surface area contributed by atoms with Gasteiger partial charge in [0.05, 0.1) is 22.5 Å². The fourth-order valence-electron chi connectivity index (χ4n) is 2.57. The predicted octanol–water partition coefficient (Wildman–Crippen LogP) is 3.25. The van der Waals surface area contributed by atoms with E-state index >= 15 is 0 Å². The molecule has 0 saturated heterocycles. The quantitative estimate of drug-likeness (QED) is 0.836. The molecule has 1 heterocycles. The summed E-state index contributed by atoms with van der Waals surface area (Å²) in [5.74, 6) is 1.02. The second-order valence-corrected chi connectivity index (χ2v) is 9.51. The van der Waals surface area contributed by atoms with E-state index in [0.717, 1.165) is 6.42 Å². The highest BCUT2D eigenvalue weighted by molar-refractivity contribution is 7.92. The van der Waals surface area contributed by atoms with Crippen LogP contribution in [0.1, 0.15) is 41.0 Å². The largest absolute Gasteiger partial charge is 0.490 e. The lowest BCUT2D eigenvalue weighted by atomic mass is 9.92. The van der Waals surface area contributed by atoms with Crippen LogP contribution in [0.25, 0.3) is 0 Å². The zero-order chi connectivity index (χ0) is 18.8. The number of benzene rings is 1. The van der Waals surface area contributed by atoms with Crippen LogP contribution in [0.3, 0.4) is 0 Å². The number of rotatable bonds is 6. The van der Waals surface area contributed by atoms with Crippen LogP contribution >= 0.6 is 0 Å². The highest BCUT2D eigenvalue weighted by atomic mass is 32.2. The normalized spacial score (nSPS) is 17.0. The number of hydrogen-bond acceptors (Lipinski definition) is 4. The molecule has 1 aliphatic heterocycles. The molecule has 6 nitrogen and oxygen atoms in total. The zero-order valence-corrected chi connectivity index (χ0v) is 16.4.